The molecule has 3 unspecified atom stereocenters. The van der Waals surface area contributed by atoms with Crippen LogP contribution in [-0.2, 0) is 0 Å². The number of nitrogens with one attached hydrogen (secondary N) is 1. The van der Waals surface area contributed by atoms with Gasteiger partial charge in [-0.2, -0.15) is 0 Å². The molecule has 0 aliphatic carbocycles. The number of likely N-dealkylation sites (tertiary alicyclic amines) is 2. The minimum atomic E-state index is 0.839. The molecule has 0 radical (unpaired) electrons. The van der Waals surface area contributed by atoms with Gasteiger partial charge in [-0.25, -0.2) is 0 Å². The van der Waals surface area contributed by atoms with Gasteiger partial charge in [0, 0.05) is 19.1 Å². The monoisotopic (exact) mass is 239 g/mol. The van der Waals surface area contributed by atoms with Gasteiger partial charge < -0.3 is 10.2 Å². The number of rotatable bonds is 4. The number of hydrogen-bond donors (Lipinski definition) is 1. The molecule has 0 aromatic heterocycles. The van der Waals surface area contributed by atoms with E-state index in [1.807, 2.05) is 0 Å². The minimum absolute atomic E-state index is 0.839. The van der Waals surface area contributed by atoms with Crippen LogP contribution in [0.5, 0.6) is 0 Å². The van der Waals surface area contributed by atoms with Crippen LogP contribution in [0.15, 0.2) is 0 Å². The van der Waals surface area contributed by atoms with Gasteiger partial charge in [-0.15, -0.1) is 0 Å². The van der Waals surface area contributed by atoms with Crippen molar-refractivity contribution in [2.24, 2.45) is 11.8 Å². The third-order valence-corrected chi connectivity index (χ3v) is 4.53. The van der Waals surface area contributed by atoms with E-state index in [-0.39, 0.29) is 0 Å². The van der Waals surface area contributed by atoms with E-state index in [1.165, 1.54) is 45.6 Å². The molecule has 2 saturated heterocycles. The second kappa shape index (κ2) is 6.17. The summed E-state index contributed by atoms with van der Waals surface area (Å²) >= 11 is 0. The Bertz CT molecular complexity index is 232. The van der Waals surface area contributed by atoms with Crippen molar-refractivity contribution >= 4 is 0 Å². The third kappa shape index (κ3) is 3.43. The smallest absolute Gasteiger partial charge is 0.0145 e. The molecule has 3 atom stereocenters. The zero-order valence-corrected chi connectivity index (χ0v) is 11.8. The Labute approximate surface area is 107 Å². The Hall–Kier alpha value is -0.120. The standard InChI is InChI=1S/C14H29N3/c1-4-15-9-13-5-8-17(11-13)14-6-7-16(3)10-12(14)2/h12-15H,4-11H2,1-3H3. The highest BCUT2D eigenvalue weighted by Gasteiger charge is 2.33. The highest BCUT2D eigenvalue weighted by atomic mass is 15.2. The molecule has 0 spiro atoms. The van der Waals surface area contributed by atoms with Crippen LogP contribution in [0.3, 0.4) is 0 Å². The lowest BCUT2D eigenvalue weighted by atomic mass is 9.93. The minimum Gasteiger partial charge on any atom is -0.317 e. The van der Waals surface area contributed by atoms with Crippen LogP contribution in [0.25, 0.3) is 0 Å². The van der Waals surface area contributed by atoms with E-state index in [0.29, 0.717) is 0 Å². The summed E-state index contributed by atoms with van der Waals surface area (Å²) in [6.45, 7) is 12.2. The summed E-state index contributed by atoms with van der Waals surface area (Å²) < 4.78 is 0. The normalized spacial score (nSPS) is 36.5. The predicted octanol–water partition coefficient (Wildman–Crippen LogP) is 1.26. The first-order chi connectivity index (χ1) is 8.20. The van der Waals surface area contributed by atoms with Gasteiger partial charge in [0.15, 0.2) is 0 Å². The molecule has 2 aliphatic heterocycles. The summed E-state index contributed by atoms with van der Waals surface area (Å²) in [7, 11) is 2.25. The van der Waals surface area contributed by atoms with Gasteiger partial charge in [-0.05, 0) is 57.9 Å². The molecule has 0 bridgehead atoms. The summed E-state index contributed by atoms with van der Waals surface area (Å²) in [5.41, 5.74) is 0. The van der Waals surface area contributed by atoms with Gasteiger partial charge in [0.25, 0.3) is 0 Å². The van der Waals surface area contributed by atoms with Crippen LogP contribution in [0.4, 0.5) is 0 Å². The van der Waals surface area contributed by atoms with E-state index in [0.717, 1.165) is 24.4 Å². The summed E-state index contributed by atoms with van der Waals surface area (Å²) in [6.07, 6.45) is 2.76. The van der Waals surface area contributed by atoms with E-state index in [2.05, 4.69) is 36.0 Å². The fourth-order valence-electron chi connectivity index (χ4n) is 3.56. The molecule has 2 rings (SSSR count). The molecule has 2 fully saturated rings. The van der Waals surface area contributed by atoms with E-state index >= 15 is 0 Å². The quantitative estimate of drug-likeness (QED) is 0.797. The molecule has 3 nitrogen and oxygen atoms in total. The van der Waals surface area contributed by atoms with Gasteiger partial charge in [0.1, 0.15) is 0 Å². The van der Waals surface area contributed by atoms with Gasteiger partial charge in [-0.1, -0.05) is 13.8 Å². The lowest BCUT2D eigenvalue weighted by molar-refractivity contribution is 0.0900. The fraction of sp³-hybridized carbons (Fsp3) is 1.00. The van der Waals surface area contributed by atoms with E-state index in [4.69, 9.17) is 0 Å². The van der Waals surface area contributed by atoms with Crippen LogP contribution < -0.4 is 5.32 Å². The number of piperidine rings is 1. The SMILES string of the molecule is CCNCC1CCN(C2CCN(C)CC2C)C1. The first kappa shape index (κ1) is 13.3. The summed E-state index contributed by atoms with van der Waals surface area (Å²) in [6, 6.07) is 0.845. The average molecular weight is 239 g/mol. The summed E-state index contributed by atoms with van der Waals surface area (Å²) in [5, 5.41) is 3.50. The van der Waals surface area contributed by atoms with E-state index in [9.17, 15) is 0 Å². The maximum absolute atomic E-state index is 3.50. The lowest BCUT2D eigenvalue weighted by Gasteiger charge is -2.40. The van der Waals surface area contributed by atoms with Crippen molar-refractivity contribution < 1.29 is 0 Å². The average Bonchev–Trinajstić information content (AvgIpc) is 2.75. The molecule has 100 valence electrons. The molecule has 0 amide bonds. The van der Waals surface area contributed by atoms with Crippen LogP contribution in [-0.4, -0.2) is 62.2 Å². The van der Waals surface area contributed by atoms with Crippen LogP contribution in [0.2, 0.25) is 0 Å². The van der Waals surface area contributed by atoms with Gasteiger partial charge in [0.2, 0.25) is 0 Å². The molecule has 0 aromatic rings. The third-order valence-electron chi connectivity index (χ3n) is 4.53. The zero-order chi connectivity index (χ0) is 12.3. The van der Waals surface area contributed by atoms with Crippen molar-refractivity contribution in [3.63, 3.8) is 0 Å². The van der Waals surface area contributed by atoms with Crippen molar-refractivity contribution in [2.45, 2.75) is 32.7 Å². The topological polar surface area (TPSA) is 18.5 Å². The number of hydrogen-bond acceptors (Lipinski definition) is 3. The molecular formula is C14H29N3. The number of nitrogens with zero attached hydrogens (tertiary/aromatic N) is 2. The molecule has 2 aliphatic rings. The van der Waals surface area contributed by atoms with Crippen LogP contribution in [0, 0.1) is 11.8 Å². The molecular weight excluding hydrogens is 210 g/mol. The second-order valence-electron chi connectivity index (χ2n) is 6.05. The van der Waals surface area contributed by atoms with Gasteiger partial charge in [-0.3, -0.25) is 4.90 Å². The van der Waals surface area contributed by atoms with Gasteiger partial charge in [0.05, 0.1) is 0 Å². The first-order valence-corrected chi connectivity index (χ1v) is 7.34. The molecule has 2 heterocycles. The highest BCUT2D eigenvalue weighted by Crippen LogP contribution is 2.26. The Morgan fingerprint density at radius 3 is 2.71 bits per heavy atom. The zero-order valence-electron chi connectivity index (χ0n) is 11.8. The molecule has 17 heavy (non-hydrogen) atoms. The van der Waals surface area contributed by atoms with Gasteiger partial charge >= 0.3 is 0 Å². The highest BCUT2D eigenvalue weighted by molar-refractivity contribution is 4.88. The maximum Gasteiger partial charge on any atom is 0.0145 e. The molecule has 0 aromatic carbocycles. The lowest BCUT2D eigenvalue weighted by Crippen LogP contribution is -2.48. The van der Waals surface area contributed by atoms with Crippen molar-refractivity contribution in [1.82, 2.24) is 15.1 Å². The molecule has 3 heteroatoms. The van der Waals surface area contributed by atoms with Crippen molar-refractivity contribution in [2.75, 3.05) is 46.3 Å². The maximum atomic E-state index is 3.50. The predicted molar refractivity (Wildman–Crippen MR) is 73.3 cm³/mol. The van der Waals surface area contributed by atoms with Crippen molar-refractivity contribution in [1.29, 1.82) is 0 Å². The Balaban J connectivity index is 1.79. The fourth-order valence-corrected chi connectivity index (χ4v) is 3.56. The van der Waals surface area contributed by atoms with Crippen LogP contribution in [0.1, 0.15) is 26.7 Å². The Morgan fingerprint density at radius 2 is 2.00 bits per heavy atom. The summed E-state index contributed by atoms with van der Waals surface area (Å²) in [5.74, 6) is 1.73. The molecule has 0 saturated carbocycles. The Kier molecular flexibility index (Phi) is 4.83. The molecule has 1 N–H and O–H groups in total. The first-order valence-electron chi connectivity index (χ1n) is 7.34. The Morgan fingerprint density at radius 1 is 1.18 bits per heavy atom. The largest absolute Gasteiger partial charge is 0.317 e. The van der Waals surface area contributed by atoms with Crippen molar-refractivity contribution in [3.05, 3.63) is 0 Å². The summed E-state index contributed by atoms with van der Waals surface area (Å²) in [4.78, 5) is 5.24. The van der Waals surface area contributed by atoms with E-state index < -0.39 is 0 Å². The van der Waals surface area contributed by atoms with E-state index in [1.54, 1.807) is 0 Å². The second-order valence-corrected chi connectivity index (χ2v) is 6.05. The van der Waals surface area contributed by atoms with Crippen LogP contribution >= 0.6 is 0 Å². The van der Waals surface area contributed by atoms with Crippen molar-refractivity contribution in [3.8, 4) is 0 Å².